The fourth-order valence-corrected chi connectivity index (χ4v) is 2.76. The van der Waals surface area contributed by atoms with Crippen LogP contribution >= 0.6 is 0 Å². The molecule has 0 aromatic heterocycles. The van der Waals surface area contributed by atoms with Gasteiger partial charge in [-0.1, -0.05) is 13.8 Å². The van der Waals surface area contributed by atoms with Crippen molar-refractivity contribution >= 4 is 12.0 Å². The van der Waals surface area contributed by atoms with Crippen LogP contribution < -0.4 is 5.32 Å². The van der Waals surface area contributed by atoms with Gasteiger partial charge < -0.3 is 15.3 Å². The van der Waals surface area contributed by atoms with Gasteiger partial charge in [-0.25, -0.2) is 9.59 Å². The molecule has 2 amide bonds. The maximum Gasteiger partial charge on any atom is 0.329 e. The minimum absolute atomic E-state index is 0.0725. The zero-order valence-electron chi connectivity index (χ0n) is 13.1. The van der Waals surface area contributed by atoms with Gasteiger partial charge in [0.25, 0.3) is 0 Å². The topological polar surface area (TPSA) is 69.6 Å². The largest absolute Gasteiger partial charge is 0.480 e. The first-order chi connectivity index (χ1) is 9.32. The summed E-state index contributed by atoms with van der Waals surface area (Å²) in [4.78, 5) is 25.7. The average Bonchev–Trinajstić information content (AvgIpc) is 2.38. The van der Waals surface area contributed by atoms with Crippen molar-refractivity contribution in [2.24, 2.45) is 5.92 Å². The quantitative estimate of drug-likeness (QED) is 0.815. The average molecular weight is 284 g/mol. The van der Waals surface area contributed by atoms with Gasteiger partial charge in [0.2, 0.25) is 0 Å². The number of hydrogen-bond donors (Lipinski definition) is 2. The number of amides is 2. The van der Waals surface area contributed by atoms with E-state index in [1.165, 1.54) is 0 Å². The van der Waals surface area contributed by atoms with Gasteiger partial charge in [-0.15, -0.1) is 0 Å². The number of carboxylic acid groups (broad SMARTS) is 1. The Balaban J connectivity index is 2.80. The Hall–Kier alpha value is -1.26. The zero-order chi connectivity index (χ0) is 15.3. The van der Waals surface area contributed by atoms with Crippen molar-refractivity contribution in [3.05, 3.63) is 0 Å². The third-order valence-electron chi connectivity index (χ3n) is 4.23. The maximum atomic E-state index is 12.4. The van der Waals surface area contributed by atoms with Crippen LogP contribution in [0.1, 0.15) is 59.8 Å². The molecule has 1 fully saturated rings. The minimum Gasteiger partial charge on any atom is -0.480 e. The van der Waals surface area contributed by atoms with Crippen molar-refractivity contribution in [1.29, 1.82) is 0 Å². The van der Waals surface area contributed by atoms with Crippen LogP contribution in [0.3, 0.4) is 0 Å². The molecule has 1 rings (SSSR count). The Morgan fingerprint density at radius 3 is 2.30 bits per heavy atom. The normalized spacial score (nSPS) is 26.4. The van der Waals surface area contributed by atoms with Gasteiger partial charge in [0, 0.05) is 12.6 Å². The highest BCUT2D eigenvalue weighted by Crippen LogP contribution is 2.32. The molecule has 0 bridgehead atoms. The van der Waals surface area contributed by atoms with Crippen LogP contribution in [-0.2, 0) is 4.79 Å². The van der Waals surface area contributed by atoms with E-state index in [1.54, 1.807) is 4.90 Å². The molecule has 0 heterocycles. The Morgan fingerprint density at radius 2 is 1.90 bits per heavy atom. The first-order valence-corrected chi connectivity index (χ1v) is 7.64. The van der Waals surface area contributed by atoms with E-state index >= 15 is 0 Å². The molecule has 20 heavy (non-hydrogen) atoms. The van der Waals surface area contributed by atoms with Crippen molar-refractivity contribution in [1.82, 2.24) is 10.2 Å². The predicted octanol–water partition coefficient (Wildman–Crippen LogP) is 2.85. The van der Waals surface area contributed by atoms with Crippen LogP contribution in [0.4, 0.5) is 4.79 Å². The van der Waals surface area contributed by atoms with Crippen molar-refractivity contribution < 1.29 is 14.7 Å². The monoisotopic (exact) mass is 284 g/mol. The number of urea groups is 1. The summed E-state index contributed by atoms with van der Waals surface area (Å²) in [5.74, 6) is -0.367. The van der Waals surface area contributed by atoms with Gasteiger partial charge in [-0.2, -0.15) is 0 Å². The molecule has 1 aliphatic carbocycles. The summed E-state index contributed by atoms with van der Waals surface area (Å²) < 4.78 is 0. The highest BCUT2D eigenvalue weighted by Gasteiger charge is 2.43. The maximum absolute atomic E-state index is 12.4. The molecule has 0 aromatic carbocycles. The number of rotatable bonds is 5. The molecule has 5 heteroatoms. The number of aliphatic carboxylic acids is 1. The van der Waals surface area contributed by atoms with Crippen LogP contribution in [0.25, 0.3) is 0 Å². The second kappa shape index (κ2) is 6.95. The summed E-state index contributed by atoms with van der Waals surface area (Å²) in [6.07, 6.45) is 3.60. The fraction of sp³-hybridized carbons (Fsp3) is 0.867. The van der Waals surface area contributed by atoms with Gasteiger partial charge in [0.1, 0.15) is 5.54 Å². The summed E-state index contributed by atoms with van der Waals surface area (Å²) in [6, 6.07) is -0.179. The summed E-state index contributed by atoms with van der Waals surface area (Å²) in [5, 5.41) is 12.3. The van der Waals surface area contributed by atoms with Gasteiger partial charge in [-0.3, -0.25) is 0 Å². The van der Waals surface area contributed by atoms with Gasteiger partial charge in [-0.05, 0) is 51.9 Å². The van der Waals surface area contributed by atoms with Gasteiger partial charge in [0.15, 0.2) is 0 Å². The highest BCUT2D eigenvalue weighted by molar-refractivity contribution is 5.86. The molecule has 0 radical (unpaired) electrons. The first kappa shape index (κ1) is 16.8. The third kappa shape index (κ3) is 3.87. The summed E-state index contributed by atoms with van der Waals surface area (Å²) in [5.41, 5.74) is -1.08. The van der Waals surface area contributed by atoms with Gasteiger partial charge >= 0.3 is 12.0 Å². The number of carbonyl (C=O) groups excluding carboxylic acids is 1. The lowest BCUT2D eigenvalue weighted by Crippen LogP contribution is -2.60. The van der Waals surface area contributed by atoms with E-state index in [1.807, 2.05) is 20.8 Å². The third-order valence-corrected chi connectivity index (χ3v) is 4.23. The molecule has 0 aromatic rings. The fourth-order valence-electron chi connectivity index (χ4n) is 2.76. The van der Waals surface area contributed by atoms with Crippen molar-refractivity contribution in [3.8, 4) is 0 Å². The number of carboxylic acids is 1. The lowest BCUT2D eigenvalue weighted by molar-refractivity contribution is -0.146. The minimum atomic E-state index is -1.08. The second-order valence-electron chi connectivity index (χ2n) is 6.29. The molecular weight excluding hydrogens is 256 g/mol. The molecule has 0 saturated heterocycles. The molecule has 116 valence electrons. The SMILES string of the molecule is CCCN(C(=O)NC1(C(=O)O)CCC(C)CC1)C(C)C. The van der Waals surface area contributed by atoms with Crippen LogP contribution in [-0.4, -0.2) is 40.1 Å². The predicted molar refractivity (Wildman–Crippen MR) is 78.7 cm³/mol. The second-order valence-corrected chi connectivity index (χ2v) is 6.29. The van der Waals surface area contributed by atoms with Crippen LogP contribution in [0.2, 0.25) is 0 Å². The standard InChI is InChI=1S/C15H28N2O3/c1-5-10-17(11(2)3)14(20)16-15(13(18)19)8-6-12(4)7-9-15/h11-12H,5-10H2,1-4H3,(H,16,20)(H,18,19). The van der Waals surface area contributed by atoms with Crippen molar-refractivity contribution in [3.63, 3.8) is 0 Å². The van der Waals surface area contributed by atoms with E-state index in [2.05, 4.69) is 12.2 Å². The van der Waals surface area contributed by atoms with E-state index in [4.69, 9.17) is 0 Å². The van der Waals surface area contributed by atoms with E-state index < -0.39 is 11.5 Å². The molecule has 0 aliphatic heterocycles. The molecule has 5 nitrogen and oxygen atoms in total. The van der Waals surface area contributed by atoms with Crippen molar-refractivity contribution in [2.45, 2.75) is 71.4 Å². The molecule has 1 aliphatic rings. The Morgan fingerprint density at radius 1 is 1.35 bits per heavy atom. The number of carbonyl (C=O) groups is 2. The Labute approximate surface area is 121 Å². The van der Waals surface area contributed by atoms with Crippen LogP contribution in [0.15, 0.2) is 0 Å². The Bertz CT molecular complexity index is 347. The van der Waals surface area contributed by atoms with E-state index in [0.717, 1.165) is 19.3 Å². The first-order valence-electron chi connectivity index (χ1n) is 7.64. The number of nitrogens with zero attached hydrogens (tertiary/aromatic N) is 1. The van der Waals surface area contributed by atoms with Crippen molar-refractivity contribution in [2.75, 3.05) is 6.54 Å². The molecule has 0 spiro atoms. The lowest BCUT2D eigenvalue weighted by Gasteiger charge is -2.38. The van der Waals surface area contributed by atoms with E-state index in [-0.39, 0.29) is 12.1 Å². The molecule has 0 atom stereocenters. The smallest absolute Gasteiger partial charge is 0.329 e. The summed E-state index contributed by atoms with van der Waals surface area (Å²) >= 11 is 0. The van der Waals surface area contributed by atoms with E-state index in [0.29, 0.717) is 25.3 Å². The van der Waals surface area contributed by atoms with Gasteiger partial charge in [0.05, 0.1) is 0 Å². The molecule has 2 N–H and O–H groups in total. The molecule has 0 unspecified atom stereocenters. The van der Waals surface area contributed by atoms with Crippen LogP contribution in [0.5, 0.6) is 0 Å². The Kier molecular flexibility index (Phi) is 5.84. The lowest BCUT2D eigenvalue weighted by atomic mass is 9.77. The van der Waals surface area contributed by atoms with Crippen LogP contribution in [0, 0.1) is 5.92 Å². The van der Waals surface area contributed by atoms with E-state index in [9.17, 15) is 14.7 Å². The highest BCUT2D eigenvalue weighted by atomic mass is 16.4. The summed E-state index contributed by atoms with van der Waals surface area (Å²) in [6.45, 7) is 8.69. The summed E-state index contributed by atoms with van der Waals surface area (Å²) in [7, 11) is 0. The molecule has 1 saturated carbocycles. The zero-order valence-corrected chi connectivity index (χ0v) is 13.1. The number of nitrogens with one attached hydrogen (secondary N) is 1. The molecular formula is C15H28N2O3. The number of hydrogen-bond acceptors (Lipinski definition) is 2.